The molecule has 0 radical (unpaired) electrons. The Bertz CT molecular complexity index is 593. The van der Waals surface area contributed by atoms with Crippen molar-refractivity contribution in [3.8, 4) is 11.3 Å². The van der Waals surface area contributed by atoms with E-state index in [1.807, 2.05) is 30.3 Å². The van der Waals surface area contributed by atoms with Crippen molar-refractivity contribution >= 4 is 29.1 Å². The number of primary amides is 1. The first-order valence-electron chi connectivity index (χ1n) is 5.09. The zero-order valence-electron chi connectivity index (χ0n) is 9.31. The summed E-state index contributed by atoms with van der Waals surface area (Å²) in [5.74, 6) is -0.379. The molecule has 0 aliphatic carbocycles. The van der Waals surface area contributed by atoms with E-state index in [9.17, 15) is 4.79 Å². The first kappa shape index (κ1) is 12.1. The summed E-state index contributed by atoms with van der Waals surface area (Å²) in [6.45, 7) is 0. The Balaban J connectivity index is 2.52. The van der Waals surface area contributed by atoms with Crippen molar-refractivity contribution in [1.29, 1.82) is 0 Å². The van der Waals surface area contributed by atoms with Gasteiger partial charge in [-0.25, -0.2) is 0 Å². The highest BCUT2D eigenvalue weighted by molar-refractivity contribution is 7.80. The molecule has 0 bridgehead atoms. The number of hydrogen-bond acceptors (Lipinski definition) is 3. The summed E-state index contributed by atoms with van der Waals surface area (Å²) in [6, 6.07) is 9.25. The number of carbonyl (C=O) groups is 1. The van der Waals surface area contributed by atoms with Crippen molar-refractivity contribution in [3.05, 3.63) is 35.9 Å². The predicted octanol–water partition coefficient (Wildman–Crippen LogP) is 0.831. The standard InChI is InChI=1S/C11H11N5OS/c12-9(17)7-8(6-4-2-1-3-5-6)15-16-10(7)14-11(13)18/h1-5H,(H2,12,17)(H4,13,14,15,16,18). The number of carbonyl (C=O) groups excluding carboxylic acids is 1. The number of benzene rings is 1. The van der Waals surface area contributed by atoms with Crippen LogP contribution in [0.1, 0.15) is 10.4 Å². The van der Waals surface area contributed by atoms with E-state index in [1.54, 1.807) is 0 Å². The van der Waals surface area contributed by atoms with Crippen LogP contribution in [0.25, 0.3) is 11.3 Å². The van der Waals surface area contributed by atoms with Gasteiger partial charge in [-0.05, 0) is 12.2 Å². The fraction of sp³-hybridized carbons (Fsp3) is 0. The highest BCUT2D eigenvalue weighted by Gasteiger charge is 2.19. The summed E-state index contributed by atoms with van der Waals surface area (Å²) in [7, 11) is 0. The van der Waals surface area contributed by atoms with Crippen LogP contribution in [0.15, 0.2) is 30.3 Å². The third-order valence-corrected chi connectivity index (χ3v) is 2.42. The van der Waals surface area contributed by atoms with E-state index in [0.717, 1.165) is 5.56 Å². The molecule has 1 aromatic carbocycles. The van der Waals surface area contributed by atoms with E-state index in [1.165, 1.54) is 0 Å². The Labute approximate surface area is 108 Å². The number of nitrogens with zero attached hydrogens (tertiary/aromatic N) is 1. The zero-order chi connectivity index (χ0) is 13.1. The van der Waals surface area contributed by atoms with Crippen LogP contribution in [0.5, 0.6) is 0 Å². The van der Waals surface area contributed by atoms with Crippen molar-refractivity contribution in [2.24, 2.45) is 11.5 Å². The molecule has 0 aliphatic rings. The van der Waals surface area contributed by atoms with Crippen molar-refractivity contribution in [2.75, 3.05) is 5.32 Å². The average molecular weight is 261 g/mol. The van der Waals surface area contributed by atoms with Crippen LogP contribution in [0.4, 0.5) is 5.82 Å². The molecule has 92 valence electrons. The number of nitrogens with two attached hydrogens (primary N) is 2. The molecule has 6 nitrogen and oxygen atoms in total. The molecule has 0 aliphatic heterocycles. The number of amides is 1. The molecule has 2 rings (SSSR count). The average Bonchev–Trinajstić information content (AvgIpc) is 2.73. The van der Waals surface area contributed by atoms with Gasteiger partial charge in [0, 0.05) is 5.56 Å². The fourth-order valence-corrected chi connectivity index (χ4v) is 1.70. The lowest BCUT2D eigenvalue weighted by molar-refractivity contribution is 0.100. The van der Waals surface area contributed by atoms with Gasteiger partial charge in [-0.1, -0.05) is 30.3 Å². The third-order valence-electron chi connectivity index (χ3n) is 2.32. The number of anilines is 1. The van der Waals surface area contributed by atoms with E-state index in [-0.39, 0.29) is 16.5 Å². The van der Waals surface area contributed by atoms with Crippen LogP contribution in [0, 0.1) is 0 Å². The Morgan fingerprint density at radius 1 is 1.28 bits per heavy atom. The topological polar surface area (TPSA) is 110 Å². The minimum Gasteiger partial charge on any atom is -0.376 e. The highest BCUT2D eigenvalue weighted by atomic mass is 32.1. The molecular formula is C11H11N5OS. The SMILES string of the molecule is NC(=O)c1c(NC(N)=S)n[nH]c1-c1ccccc1. The van der Waals surface area contributed by atoms with E-state index in [4.69, 9.17) is 23.7 Å². The molecule has 2 aromatic rings. The number of hydrogen-bond donors (Lipinski definition) is 4. The molecule has 7 heteroatoms. The molecule has 0 unspecified atom stereocenters. The number of rotatable bonds is 3. The number of thiocarbonyl (C=S) groups is 1. The largest absolute Gasteiger partial charge is 0.376 e. The second kappa shape index (κ2) is 4.84. The van der Waals surface area contributed by atoms with Gasteiger partial charge >= 0.3 is 0 Å². The molecule has 18 heavy (non-hydrogen) atoms. The molecule has 1 heterocycles. The summed E-state index contributed by atoms with van der Waals surface area (Å²) < 4.78 is 0. The van der Waals surface area contributed by atoms with Gasteiger partial charge in [0.1, 0.15) is 5.56 Å². The molecule has 6 N–H and O–H groups in total. The van der Waals surface area contributed by atoms with Crippen LogP contribution in [0.3, 0.4) is 0 Å². The summed E-state index contributed by atoms with van der Waals surface area (Å²) in [5.41, 5.74) is 12.3. The summed E-state index contributed by atoms with van der Waals surface area (Å²) in [6.07, 6.45) is 0. The summed E-state index contributed by atoms with van der Waals surface area (Å²) in [5, 5.41) is 9.33. The van der Waals surface area contributed by atoms with Crippen LogP contribution in [-0.2, 0) is 0 Å². The Hall–Kier alpha value is -2.41. The molecule has 0 saturated heterocycles. The number of H-pyrrole nitrogens is 1. The normalized spacial score (nSPS) is 10.0. The van der Waals surface area contributed by atoms with Gasteiger partial charge in [0.2, 0.25) is 0 Å². The molecule has 0 fully saturated rings. The lowest BCUT2D eigenvalue weighted by Crippen LogP contribution is -2.22. The van der Waals surface area contributed by atoms with Crippen molar-refractivity contribution < 1.29 is 4.79 Å². The minimum absolute atomic E-state index is 0.0172. The van der Waals surface area contributed by atoms with E-state index in [0.29, 0.717) is 5.69 Å². The van der Waals surface area contributed by atoms with Crippen molar-refractivity contribution in [3.63, 3.8) is 0 Å². The lowest BCUT2D eigenvalue weighted by atomic mass is 10.1. The molecular weight excluding hydrogens is 250 g/mol. The number of aromatic amines is 1. The Morgan fingerprint density at radius 2 is 1.94 bits per heavy atom. The maximum absolute atomic E-state index is 11.5. The number of nitrogens with one attached hydrogen (secondary N) is 2. The molecule has 0 atom stereocenters. The van der Waals surface area contributed by atoms with Crippen LogP contribution >= 0.6 is 12.2 Å². The van der Waals surface area contributed by atoms with E-state index >= 15 is 0 Å². The highest BCUT2D eigenvalue weighted by Crippen LogP contribution is 2.25. The van der Waals surface area contributed by atoms with Gasteiger partial charge in [0.05, 0.1) is 5.69 Å². The first-order valence-corrected chi connectivity index (χ1v) is 5.50. The van der Waals surface area contributed by atoms with Gasteiger partial charge < -0.3 is 16.8 Å². The second-order valence-corrected chi connectivity index (χ2v) is 3.98. The van der Waals surface area contributed by atoms with Gasteiger partial charge in [-0.2, -0.15) is 5.10 Å². The second-order valence-electron chi connectivity index (χ2n) is 3.54. The van der Waals surface area contributed by atoms with Crippen molar-refractivity contribution in [2.45, 2.75) is 0 Å². The van der Waals surface area contributed by atoms with Gasteiger partial charge in [0.15, 0.2) is 10.9 Å². The summed E-state index contributed by atoms with van der Waals surface area (Å²) in [4.78, 5) is 11.5. The quantitative estimate of drug-likeness (QED) is 0.612. The molecule has 0 spiro atoms. The van der Waals surface area contributed by atoms with Gasteiger partial charge in [-0.3, -0.25) is 9.89 Å². The third kappa shape index (κ3) is 2.30. The monoisotopic (exact) mass is 261 g/mol. The van der Waals surface area contributed by atoms with Gasteiger partial charge in [0.25, 0.3) is 5.91 Å². The predicted molar refractivity (Wildman–Crippen MR) is 72.9 cm³/mol. The first-order chi connectivity index (χ1) is 8.59. The smallest absolute Gasteiger partial charge is 0.254 e. The van der Waals surface area contributed by atoms with E-state index in [2.05, 4.69) is 15.5 Å². The van der Waals surface area contributed by atoms with E-state index < -0.39 is 5.91 Å². The van der Waals surface area contributed by atoms with Crippen LogP contribution in [-0.4, -0.2) is 21.2 Å². The molecule has 1 amide bonds. The maximum Gasteiger partial charge on any atom is 0.254 e. The van der Waals surface area contributed by atoms with Crippen molar-refractivity contribution in [1.82, 2.24) is 10.2 Å². The maximum atomic E-state index is 11.5. The Morgan fingerprint density at radius 3 is 2.50 bits per heavy atom. The molecule has 0 saturated carbocycles. The fourth-order valence-electron chi connectivity index (χ4n) is 1.60. The van der Waals surface area contributed by atoms with Gasteiger partial charge in [-0.15, -0.1) is 0 Å². The van der Waals surface area contributed by atoms with Crippen LogP contribution < -0.4 is 16.8 Å². The lowest BCUT2D eigenvalue weighted by Gasteiger charge is -2.03. The van der Waals surface area contributed by atoms with Crippen LogP contribution in [0.2, 0.25) is 0 Å². The summed E-state index contributed by atoms with van der Waals surface area (Å²) >= 11 is 4.71. The number of aromatic nitrogens is 2. The zero-order valence-corrected chi connectivity index (χ0v) is 10.1. The molecule has 1 aromatic heterocycles. The minimum atomic E-state index is -0.610. The Kier molecular flexibility index (Phi) is 3.24.